The van der Waals surface area contributed by atoms with E-state index in [1.165, 1.54) is 6.33 Å². The summed E-state index contributed by atoms with van der Waals surface area (Å²) in [4.78, 5) is 21.1. The number of carboxylic acid groups (broad SMARTS) is 1. The minimum Gasteiger partial charge on any atom is -0.480 e. The third kappa shape index (κ3) is 3.88. The lowest BCUT2D eigenvalue weighted by Crippen LogP contribution is -2.33. The van der Waals surface area contributed by atoms with Crippen LogP contribution in [0.3, 0.4) is 0 Å². The quantitative estimate of drug-likeness (QED) is 0.779. The molecule has 1 aromatic heterocycles. The van der Waals surface area contributed by atoms with Gasteiger partial charge in [0.05, 0.1) is 18.9 Å². The Balaban J connectivity index is 2.14. The van der Waals surface area contributed by atoms with Crippen molar-refractivity contribution in [1.29, 1.82) is 0 Å². The summed E-state index contributed by atoms with van der Waals surface area (Å²) in [5.74, 6) is -0.0160. The van der Waals surface area contributed by atoms with Crippen molar-refractivity contribution in [2.45, 2.75) is 12.3 Å². The van der Waals surface area contributed by atoms with E-state index in [0.717, 1.165) is 18.7 Å². The highest BCUT2D eigenvalue weighted by Crippen LogP contribution is 2.25. The van der Waals surface area contributed by atoms with Crippen LogP contribution in [0.5, 0.6) is 0 Å². The Morgan fingerprint density at radius 2 is 2.45 bits per heavy atom. The molecule has 1 N–H and O–H groups in total. The number of aliphatic carboxylic acids is 1. The normalized spacial score (nSPS) is 18.1. The molecule has 7 nitrogen and oxygen atoms in total. The van der Waals surface area contributed by atoms with E-state index in [-0.39, 0.29) is 12.5 Å². The van der Waals surface area contributed by atoms with E-state index in [2.05, 4.69) is 9.97 Å². The maximum Gasteiger partial charge on any atom is 0.323 e. The van der Waals surface area contributed by atoms with Crippen LogP contribution in [0.15, 0.2) is 12.4 Å². The molecule has 0 unspecified atom stereocenters. The van der Waals surface area contributed by atoms with Crippen molar-refractivity contribution in [3.8, 4) is 0 Å². The highest BCUT2D eigenvalue weighted by atomic mass is 16.5. The number of methoxy groups -OCH3 is 1. The van der Waals surface area contributed by atoms with E-state index in [1.54, 1.807) is 12.0 Å². The predicted molar refractivity (Wildman–Crippen MR) is 71.9 cm³/mol. The van der Waals surface area contributed by atoms with Crippen LogP contribution in [-0.2, 0) is 14.3 Å². The molecule has 1 fully saturated rings. The van der Waals surface area contributed by atoms with E-state index in [1.807, 2.05) is 6.07 Å². The number of ether oxygens (including phenoxy) is 2. The summed E-state index contributed by atoms with van der Waals surface area (Å²) >= 11 is 0. The van der Waals surface area contributed by atoms with E-state index in [4.69, 9.17) is 14.6 Å². The molecule has 0 saturated carbocycles. The molecule has 1 aliphatic rings. The smallest absolute Gasteiger partial charge is 0.323 e. The first kappa shape index (κ1) is 14.7. The summed E-state index contributed by atoms with van der Waals surface area (Å²) in [6.07, 6.45) is 2.41. The molecule has 1 atom stereocenters. The standard InChI is InChI=1S/C13H19N3O4/c1-19-5-3-16(7-13(17)18)12-6-11(14-9-15-12)10-2-4-20-8-10/h6,9-10H,2-5,7-8H2,1H3,(H,17,18)/t10-/m1/s1. The van der Waals surface area contributed by atoms with Crippen LogP contribution in [0.4, 0.5) is 5.82 Å². The Bertz CT molecular complexity index is 449. The van der Waals surface area contributed by atoms with Crippen molar-refractivity contribution in [3.63, 3.8) is 0 Å². The van der Waals surface area contributed by atoms with Gasteiger partial charge in [0.1, 0.15) is 18.7 Å². The summed E-state index contributed by atoms with van der Waals surface area (Å²) in [5.41, 5.74) is 0.903. The number of carbonyl (C=O) groups is 1. The number of hydrogen-bond donors (Lipinski definition) is 1. The van der Waals surface area contributed by atoms with Crippen molar-refractivity contribution in [1.82, 2.24) is 9.97 Å². The lowest BCUT2D eigenvalue weighted by atomic mass is 10.0. The molecule has 0 bridgehead atoms. The molecule has 0 radical (unpaired) electrons. The second-order valence-corrected chi connectivity index (χ2v) is 4.67. The molecule has 0 aliphatic carbocycles. The molecular weight excluding hydrogens is 262 g/mol. The second kappa shape index (κ2) is 7.16. The predicted octanol–water partition coefficient (Wildman–Crippen LogP) is 0.518. The molecule has 0 aromatic carbocycles. The van der Waals surface area contributed by atoms with E-state index < -0.39 is 5.97 Å². The number of anilines is 1. The van der Waals surface area contributed by atoms with Gasteiger partial charge in [-0.25, -0.2) is 9.97 Å². The van der Waals surface area contributed by atoms with Gasteiger partial charge in [-0.15, -0.1) is 0 Å². The van der Waals surface area contributed by atoms with Gasteiger partial charge in [-0.2, -0.15) is 0 Å². The van der Waals surface area contributed by atoms with E-state index >= 15 is 0 Å². The first-order valence-electron chi connectivity index (χ1n) is 6.56. The fourth-order valence-corrected chi connectivity index (χ4v) is 2.16. The van der Waals surface area contributed by atoms with Crippen molar-refractivity contribution in [2.24, 2.45) is 0 Å². The zero-order valence-electron chi connectivity index (χ0n) is 11.5. The summed E-state index contributed by atoms with van der Waals surface area (Å²) in [7, 11) is 1.58. The van der Waals surface area contributed by atoms with Gasteiger partial charge in [0.15, 0.2) is 0 Å². The molecule has 1 aromatic rings. The number of hydrogen-bond acceptors (Lipinski definition) is 6. The fourth-order valence-electron chi connectivity index (χ4n) is 2.16. The Morgan fingerprint density at radius 1 is 1.60 bits per heavy atom. The average Bonchev–Trinajstić information content (AvgIpc) is 2.97. The highest BCUT2D eigenvalue weighted by molar-refractivity contribution is 5.73. The van der Waals surface area contributed by atoms with Gasteiger partial charge in [-0.1, -0.05) is 0 Å². The van der Waals surface area contributed by atoms with E-state index in [0.29, 0.717) is 25.6 Å². The topological polar surface area (TPSA) is 84.8 Å². The average molecular weight is 281 g/mol. The summed E-state index contributed by atoms with van der Waals surface area (Å²) in [6, 6.07) is 1.85. The first-order chi connectivity index (χ1) is 9.70. The van der Waals surface area contributed by atoms with Gasteiger partial charge >= 0.3 is 5.97 Å². The van der Waals surface area contributed by atoms with Crippen LogP contribution >= 0.6 is 0 Å². The van der Waals surface area contributed by atoms with Gasteiger partial charge < -0.3 is 19.5 Å². The minimum absolute atomic E-state index is 0.110. The van der Waals surface area contributed by atoms with Crippen LogP contribution in [0.25, 0.3) is 0 Å². The van der Waals surface area contributed by atoms with Gasteiger partial charge in [-0.05, 0) is 6.42 Å². The Morgan fingerprint density at radius 3 is 3.10 bits per heavy atom. The summed E-state index contributed by atoms with van der Waals surface area (Å²) in [5, 5.41) is 8.98. The molecule has 7 heteroatoms. The van der Waals surface area contributed by atoms with Crippen molar-refractivity contribution in [3.05, 3.63) is 18.1 Å². The van der Waals surface area contributed by atoms with Crippen molar-refractivity contribution in [2.75, 3.05) is 44.9 Å². The molecule has 2 heterocycles. The Labute approximate surface area is 117 Å². The zero-order valence-corrected chi connectivity index (χ0v) is 11.5. The third-order valence-electron chi connectivity index (χ3n) is 3.24. The SMILES string of the molecule is COCCN(CC(=O)O)c1cc([C@@H]2CCOC2)ncn1. The Hall–Kier alpha value is -1.73. The fraction of sp³-hybridized carbons (Fsp3) is 0.615. The summed E-state index contributed by atoms with van der Waals surface area (Å²) < 4.78 is 10.4. The second-order valence-electron chi connectivity index (χ2n) is 4.67. The molecule has 0 amide bonds. The zero-order chi connectivity index (χ0) is 14.4. The van der Waals surface area contributed by atoms with Crippen molar-refractivity contribution >= 4 is 11.8 Å². The first-order valence-corrected chi connectivity index (χ1v) is 6.56. The minimum atomic E-state index is -0.898. The lowest BCUT2D eigenvalue weighted by molar-refractivity contribution is -0.135. The van der Waals surface area contributed by atoms with Crippen LogP contribution < -0.4 is 4.90 Å². The van der Waals surface area contributed by atoms with Crippen molar-refractivity contribution < 1.29 is 19.4 Å². The van der Waals surface area contributed by atoms with Gasteiger partial charge in [-0.3, -0.25) is 4.79 Å². The highest BCUT2D eigenvalue weighted by Gasteiger charge is 2.21. The van der Waals surface area contributed by atoms with Gasteiger partial charge in [0.25, 0.3) is 0 Å². The maximum atomic E-state index is 10.9. The number of rotatable bonds is 7. The maximum absolute atomic E-state index is 10.9. The van der Waals surface area contributed by atoms with Crippen LogP contribution in [0, 0.1) is 0 Å². The molecule has 110 valence electrons. The number of nitrogens with zero attached hydrogens (tertiary/aromatic N) is 3. The molecule has 1 saturated heterocycles. The monoisotopic (exact) mass is 281 g/mol. The van der Waals surface area contributed by atoms with Gasteiger partial charge in [0.2, 0.25) is 0 Å². The van der Waals surface area contributed by atoms with Crippen LogP contribution in [0.1, 0.15) is 18.0 Å². The largest absolute Gasteiger partial charge is 0.480 e. The summed E-state index contributed by atoms with van der Waals surface area (Å²) in [6.45, 7) is 2.21. The molecule has 20 heavy (non-hydrogen) atoms. The van der Waals surface area contributed by atoms with E-state index in [9.17, 15) is 4.79 Å². The lowest BCUT2D eigenvalue weighted by Gasteiger charge is -2.22. The van der Waals surface area contributed by atoms with Crippen LogP contribution in [0.2, 0.25) is 0 Å². The molecular formula is C13H19N3O4. The van der Waals surface area contributed by atoms with Gasteiger partial charge in [0, 0.05) is 32.2 Å². The van der Waals surface area contributed by atoms with Crippen LogP contribution in [-0.4, -0.2) is 61.1 Å². The molecule has 2 rings (SSSR count). The third-order valence-corrected chi connectivity index (χ3v) is 3.24. The molecule has 1 aliphatic heterocycles. The number of aromatic nitrogens is 2. The number of carboxylic acids is 1. The Kier molecular flexibility index (Phi) is 5.25. The molecule has 0 spiro atoms.